The topological polar surface area (TPSA) is 48.3 Å². The van der Waals surface area contributed by atoms with Gasteiger partial charge in [0.15, 0.2) is 11.4 Å². The lowest BCUT2D eigenvalue weighted by Crippen LogP contribution is -1.96. The number of para-hydroxylation sites is 3. The Morgan fingerprint density at radius 1 is 0.436 bits per heavy atom. The largest absolute Gasteiger partial charge is 0.452 e. The average molecular weight is 701 g/mol. The van der Waals surface area contributed by atoms with Gasteiger partial charge in [0.1, 0.15) is 16.8 Å². The molecule has 0 saturated carbocycles. The Morgan fingerprint density at radius 3 is 1.93 bits per heavy atom. The number of fused-ring (bicyclic) bond motifs is 14. The third kappa shape index (κ3) is 3.86. The van der Waals surface area contributed by atoms with Crippen molar-refractivity contribution in [2.45, 2.75) is 0 Å². The number of aromatic nitrogens is 4. The molecular formula is C50H28N4O. The van der Waals surface area contributed by atoms with Gasteiger partial charge in [0.25, 0.3) is 0 Å². The van der Waals surface area contributed by atoms with Gasteiger partial charge in [-0.25, -0.2) is 9.97 Å². The van der Waals surface area contributed by atoms with Gasteiger partial charge in [0.2, 0.25) is 0 Å². The molecule has 0 spiro atoms. The molecule has 8 aromatic carbocycles. The predicted molar refractivity (Wildman–Crippen MR) is 227 cm³/mol. The van der Waals surface area contributed by atoms with Crippen LogP contribution in [0.3, 0.4) is 0 Å². The summed E-state index contributed by atoms with van der Waals surface area (Å²) in [6, 6.07) is 60.6. The van der Waals surface area contributed by atoms with E-state index in [1.165, 1.54) is 70.7 Å². The lowest BCUT2D eigenvalue weighted by atomic mass is 10.0. The van der Waals surface area contributed by atoms with Crippen molar-refractivity contribution in [1.82, 2.24) is 18.9 Å². The zero-order chi connectivity index (χ0) is 35.8. The maximum atomic E-state index is 6.38. The van der Waals surface area contributed by atoms with Crippen molar-refractivity contribution in [2.75, 3.05) is 0 Å². The van der Waals surface area contributed by atoms with Gasteiger partial charge in [-0.1, -0.05) is 103 Å². The van der Waals surface area contributed by atoms with E-state index in [0.717, 1.165) is 39.0 Å². The molecule has 5 heterocycles. The quantitative estimate of drug-likeness (QED) is 0.184. The third-order valence-electron chi connectivity index (χ3n) is 11.6. The first kappa shape index (κ1) is 29.0. The van der Waals surface area contributed by atoms with Crippen LogP contribution in [0.5, 0.6) is 0 Å². The highest BCUT2D eigenvalue weighted by Crippen LogP contribution is 2.47. The van der Waals surface area contributed by atoms with E-state index in [-0.39, 0.29) is 0 Å². The minimum atomic E-state index is 0.664. The summed E-state index contributed by atoms with van der Waals surface area (Å²) < 4.78 is 11.3. The van der Waals surface area contributed by atoms with Crippen molar-refractivity contribution < 1.29 is 4.42 Å². The molecule has 0 unspecified atom stereocenters. The van der Waals surface area contributed by atoms with Crippen LogP contribution in [0.2, 0.25) is 0 Å². The average Bonchev–Trinajstić information content (AvgIpc) is 3.98. The number of benzene rings is 8. The molecule has 0 aliphatic rings. The summed E-state index contributed by atoms with van der Waals surface area (Å²) in [5, 5.41) is 11.1. The number of nitrogens with zero attached hydrogens (tertiary/aromatic N) is 4. The van der Waals surface area contributed by atoms with Crippen molar-refractivity contribution in [2.24, 2.45) is 0 Å². The van der Waals surface area contributed by atoms with Crippen LogP contribution in [0.25, 0.3) is 121 Å². The van der Waals surface area contributed by atoms with Crippen LogP contribution in [-0.4, -0.2) is 18.9 Å². The van der Waals surface area contributed by atoms with Crippen molar-refractivity contribution >= 4 is 92.7 Å². The molecule has 55 heavy (non-hydrogen) atoms. The summed E-state index contributed by atoms with van der Waals surface area (Å²) in [5.74, 6) is 0.664. The van der Waals surface area contributed by atoms with E-state index in [1.54, 1.807) is 0 Å². The van der Waals surface area contributed by atoms with E-state index in [4.69, 9.17) is 14.4 Å². The first-order chi connectivity index (χ1) is 27.3. The molecule has 0 radical (unpaired) electrons. The van der Waals surface area contributed by atoms with Gasteiger partial charge in [-0.15, -0.1) is 0 Å². The summed E-state index contributed by atoms with van der Waals surface area (Å²) in [6.07, 6.45) is 0. The smallest absolute Gasteiger partial charge is 0.180 e. The zero-order valence-electron chi connectivity index (χ0n) is 29.4. The van der Waals surface area contributed by atoms with E-state index in [1.807, 2.05) is 36.4 Å². The van der Waals surface area contributed by atoms with Crippen LogP contribution >= 0.6 is 0 Å². The molecule has 0 fully saturated rings. The molecule has 13 rings (SSSR count). The Balaban J connectivity index is 1.10. The minimum absolute atomic E-state index is 0.664. The summed E-state index contributed by atoms with van der Waals surface area (Å²) in [6.45, 7) is 0. The van der Waals surface area contributed by atoms with Gasteiger partial charge < -0.3 is 13.4 Å². The second-order valence-electron chi connectivity index (χ2n) is 14.5. The summed E-state index contributed by atoms with van der Waals surface area (Å²) >= 11 is 0. The SMILES string of the molecule is c1ccc(-c2nc(-c3ccc(-n4c5cc6ccccc6cc5c5c6c7ccccc7n7c8ccccc8c(cc54)c67)cc3)nc3c2oc2ccccc23)cc1. The Labute approximate surface area is 313 Å². The highest BCUT2D eigenvalue weighted by atomic mass is 16.3. The van der Waals surface area contributed by atoms with Gasteiger partial charge in [-0.2, -0.15) is 0 Å². The Kier molecular flexibility index (Phi) is 5.57. The highest BCUT2D eigenvalue weighted by molar-refractivity contribution is 6.36. The lowest BCUT2D eigenvalue weighted by Gasteiger charge is -2.11. The number of furan rings is 1. The molecule has 0 atom stereocenters. The summed E-state index contributed by atoms with van der Waals surface area (Å²) in [4.78, 5) is 10.3. The highest BCUT2D eigenvalue weighted by Gasteiger charge is 2.25. The van der Waals surface area contributed by atoms with Crippen molar-refractivity contribution in [3.8, 4) is 28.3 Å². The van der Waals surface area contributed by atoms with Crippen LogP contribution < -0.4 is 0 Å². The van der Waals surface area contributed by atoms with Gasteiger partial charge in [-0.05, 0) is 77.5 Å². The third-order valence-corrected chi connectivity index (χ3v) is 11.6. The molecular weight excluding hydrogens is 673 g/mol. The number of hydrogen-bond donors (Lipinski definition) is 0. The van der Waals surface area contributed by atoms with Gasteiger partial charge in [0, 0.05) is 54.5 Å². The Hall–Kier alpha value is -7.50. The molecule has 0 amide bonds. The van der Waals surface area contributed by atoms with Crippen molar-refractivity contribution in [3.05, 3.63) is 170 Å². The number of hydrogen-bond acceptors (Lipinski definition) is 3. The van der Waals surface area contributed by atoms with Gasteiger partial charge in [-0.3, -0.25) is 0 Å². The van der Waals surface area contributed by atoms with Crippen LogP contribution in [0.1, 0.15) is 0 Å². The molecule has 0 saturated heterocycles. The van der Waals surface area contributed by atoms with Gasteiger partial charge >= 0.3 is 0 Å². The maximum absolute atomic E-state index is 6.38. The first-order valence-corrected chi connectivity index (χ1v) is 18.7. The first-order valence-electron chi connectivity index (χ1n) is 18.7. The maximum Gasteiger partial charge on any atom is 0.180 e. The second-order valence-corrected chi connectivity index (χ2v) is 14.5. The van der Waals surface area contributed by atoms with E-state index < -0.39 is 0 Å². The monoisotopic (exact) mass is 700 g/mol. The van der Waals surface area contributed by atoms with E-state index in [2.05, 4.69) is 142 Å². The molecule has 5 nitrogen and oxygen atoms in total. The van der Waals surface area contributed by atoms with Crippen LogP contribution in [0.4, 0.5) is 0 Å². The standard InChI is InChI=1S/C50H28N4O/c1-2-12-29(13-3-1)46-49-47(36-18-8-11-21-43(36)55-49)52-50(51-46)30-22-24-33(25-23-30)53-41-27-32-15-5-4-14-31(32)26-38(41)44-42(53)28-37-34-16-6-9-19-39(34)54-40-20-10-7-17-35(40)45(44)48(37)54/h1-28H. The molecule has 0 N–H and O–H groups in total. The van der Waals surface area contributed by atoms with Crippen molar-refractivity contribution in [3.63, 3.8) is 0 Å². The summed E-state index contributed by atoms with van der Waals surface area (Å²) in [7, 11) is 0. The fourth-order valence-corrected chi connectivity index (χ4v) is 9.25. The molecule has 254 valence electrons. The van der Waals surface area contributed by atoms with Crippen LogP contribution in [0.15, 0.2) is 174 Å². The molecule has 0 aliphatic carbocycles. The van der Waals surface area contributed by atoms with E-state index in [9.17, 15) is 0 Å². The second kappa shape index (κ2) is 10.6. The fourth-order valence-electron chi connectivity index (χ4n) is 9.25. The Morgan fingerprint density at radius 2 is 1.11 bits per heavy atom. The molecule has 5 aromatic heterocycles. The minimum Gasteiger partial charge on any atom is -0.452 e. The number of rotatable bonds is 3. The van der Waals surface area contributed by atoms with E-state index >= 15 is 0 Å². The predicted octanol–water partition coefficient (Wildman–Crippen LogP) is 13.1. The zero-order valence-corrected chi connectivity index (χ0v) is 29.4. The van der Waals surface area contributed by atoms with Gasteiger partial charge in [0.05, 0.1) is 27.6 Å². The molecule has 0 bridgehead atoms. The molecule has 0 aliphatic heterocycles. The molecule has 13 aromatic rings. The van der Waals surface area contributed by atoms with E-state index in [0.29, 0.717) is 11.4 Å². The lowest BCUT2D eigenvalue weighted by molar-refractivity contribution is 0.667. The van der Waals surface area contributed by atoms with Crippen LogP contribution in [0, 0.1) is 0 Å². The van der Waals surface area contributed by atoms with Crippen molar-refractivity contribution in [1.29, 1.82) is 0 Å². The fraction of sp³-hybridized carbons (Fsp3) is 0. The van der Waals surface area contributed by atoms with Crippen LogP contribution in [-0.2, 0) is 0 Å². The normalized spacial score (nSPS) is 12.4. The molecule has 5 heteroatoms. The summed E-state index contributed by atoms with van der Waals surface area (Å²) in [5.41, 5.74) is 12.3. The Bertz CT molecular complexity index is 3700.